The van der Waals surface area contributed by atoms with Crippen LogP contribution in [-0.2, 0) is 4.74 Å². The van der Waals surface area contributed by atoms with Crippen molar-refractivity contribution in [2.24, 2.45) is 0 Å². The van der Waals surface area contributed by atoms with E-state index in [0.29, 0.717) is 36.2 Å². The second-order valence-electron chi connectivity index (χ2n) is 5.09. The molecule has 0 saturated carbocycles. The third kappa shape index (κ3) is 2.71. The maximum absolute atomic E-state index is 13.2. The maximum Gasteiger partial charge on any atom is 0.257 e. The number of ether oxygens (including phenoxy) is 1. The van der Waals surface area contributed by atoms with Crippen molar-refractivity contribution >= 4 is 28.4 Å². The van der Waals surface area contributed by atoms with Crippen molar-refractivity contribution in [3.05, 3.63) is 40.8 Å². The van der Waals surface area contributed by atoms with E-state index >= 15 is 0 Å². The Balaban J connectivity index is 2.01. The normalized spacial score (nSPS) is 19.0. The highest BCUT2D eigenvalue weighted by molar-refractivity contribution is 6.33. The van der Waals surface area contributed by atoms with Crippen molar-refractivity contribution in [3.8, 4) is 0 Å². The number of hydrogen-bond donors (Lipinski definition) is 0. The van der Waals surface area contributed by atoms with Crippen LogP contribution in [0, 0.1) is 5.82 Å². The van der Waals surface area contributed by atoms with Crippen LogP contribution in [0.15, 0.2) is 24.3 Å². The molecule has 1 saturated heterocycles. The summed E-state index contributed by atoms with van der Waals surface area (Å²) in [4.78, 5) is 18.5. The molecule has 2 aromatic rings. The Labute approximate surface area is 126 Å². The van der Waals surface area contributed by atoms with Crippen LogP contribution in [0.1, 0.15) is 17.3 Å². The third-order valence-corrected chi connectivity index (χ3v) is 3.88. The van der Waals surface area contributed by atoms with Crippen LogP contribution in [0.2, 0.25) is 5.15 Å². The molecule has 1 aromatic heterocycles. The number of carbonyl (C=O) groups excluding carboxylic acids is 1. The lowest BCUT2D eigenvalue weighted by atomic mass is 10.1. The number of halogens is 2. The fourth-order valence-corrected chi connectivity index (χ4v) is 2.68. The number of amides is 1. The summed E-state index contributed by atoms with van der Waals surface area (Å²) >= 11 is 6.11. The highest BCUT2D eigenvalue weighted by Crippen LogP contribution is 2.24. The van der Waals surface area contributed by atoms with Gasteiger partial charge < -0.3 is 9.64 Å². The van der Waals surface area contributed by atoms with Crippen LogP contribution in [-0.4, -0.2) is 41.6 Å². The zero-order valence-corrected chi connectivity index (χ0v) is 12.2. The fourth-order valence-electron chi connectivity index (χ4n) is 2.45. The van der Waals surface area contributed by atoms with E-state index in [1.807, 2.05) is 6.92 Å². The van der Waals surface area contributed by atoms with Crippen LogP contribution in [0.25, 0.3) is 10.9 Å². The Morgan fingerprint density at radius 2 is 2.29 bits per heavy atom. The molecule has 0 spiro atoms. The molecule has 1 aliphatic rings. The summed E-state index contributed by atoms with van der Waals surface area (Å²) in [5, 5.41) is 0.779. The summed E-state index contributed by atoms with van der Waals surface area (Å²) in [5.74, 6) is -0.554. The molecule has 2 heterocycles. The molecule has 1 amide bonds. The van der Waals surface area contributed by atoms with Crippen molar-refractivity contribution in [1.82, 2.24) is 9.88 Å². The number of carbonyl (C=O) groups is 1. The second-order valence-corrected chi connectivity index (χ2v) is 5.44. The van der Waals surface area contributed by atoms with Crippen molar-refractivity contribution < 1.29 is 13.9 Å². The molecule has 1 unspecified atom stereocenters. The van der Waals surface area contributed by atoms with E-state index in [9.17, 15) is 9.18 Å². The summed E-state index contributed by atoms with van der Waals surface area (Å²) in [7, 11) is 0. The molecule has 0 radical (unpaired) electrons. The van der Waals surface area contributed by atoms with Crippen LogP contribution >= 0.6 is 11.6 Å². The Kier molecular flexibility index (Phi) is 3.78. The van der Waals surface area contributed by atoms with Crippen LogP contribution in [0.4, 0.5) is 4.39 Å². The number of hydrogen-bond acceptors (Lipinski definition) is 3. The van der Waals surface area contributed by atoms with E-state index in [1.165, 1.54) is 12.1 Å². The molecule has 0 aliphatic carbocycles. The fraction of sp³-hybridized carbons (Fsp3) is 0.333. The summed E-state index contributed by atoms with van der Waals surface area (Å²) in [5.41, 5.74) is 0.774. The first kappa shape index (κ1) is 14.2. The molecule has 4 nitrogen and oxygen atoms in total. The molecular formula is C15H14ClFN2O2. The standard InChI is InChI=1S/C15H14ClFN2O2/c1-9-8-21-5-4-19(9)15(20)12-6-10-2-3-11(17)7-13(10)18-14(12)16/h2-3,6-7,9H,4-5,8H2,1H3. The van der Waals surface area contributed by atoms with Crippen molar-refractivity contribution in [2.75, 3.05) is 19.8 Å². The Morgan fingerprint density at radius 1 is 1.48 bits per heavy atom. The van der Waals surface area contributed by atoms with Crippen LogP contribution in [0.3, 0.4) is 0 Å². The lowest BCUT2D eigenvalue weighted by molar-refractivity contribution is 0.00359. The molecule has 21 heavy (non-hydrogen) atoms. The van der Waals surface area contributed by atoms with Gasteiger partial charge in [-0.1, -0.05) is 11.6 Å². The highest BCUT2D eigenvalue weighted by Gasteiger charge is 2.26. The smallest absolute Gasteiger partial charge is 0.257 e. The van der Waals surface area contributed by atoms with E-state index in [-0.39, 0.29) is 22.9 Å². The van der Waals surface area contributed by atoms with Gasteiger partial charge in [-0.05, 0) is 25.1 Å². The largest absolute Gasteiger partial charge is 0.377 e. The van der Waals surface area contributed by atoms with Crippen molar-refractivity contribution in [1.29, 1.82) is 0 Å². The molecule has 110 valence electrons. The number of fused-ring (bicyclic) bond motifs is 1. The first-order valence-electron chi connectivity index (χ1n) is 6.71. The second kappa shape index (κ2) is 5.58. The van der Waals surface area contributed by atoms with E-state index in [1.54, 1.807) is 17.0 Å². The quantitative estimate of drug-likeness (QED) is 0.761. The Bertz CT molecular complexity index is 707. The van der Waals surface area contributed by atoms with Gasteiger partial charge in [-0.15, -0.1) is 0 Å². The molecule has 6 heteroatoms. The maximum atomic E-state index is 13.2. The molecular weight excluding hydrogens is 295 g/mol. The van der Waals surface area contributed by atoms with Crippen molar-refractivity contribution in [2.45, 2.75) is 13.0 Å². The average molecular weight is 309 g/mol. The predicted octanol–water partition coefficient (Wildman–Crippen LogP) is 2.89. The Hall–Kier alpha value is -1.72. The first-order chi connectivity index (χ1) is 10.1. The van der Waals surface area contributed by atoms with Gasteiger partial charge in [0.25, 0.3) is 5.91 Å². The number of rotatable bonds is 1. The third-order valence-electron chi connectivity index (χ3n) is 3.59. The Morgan fingerprint density at radius 3 is 3.05 bits per heavy atom. The van der Waals surface area contributed by atoms with E-state index in [2.05, 4.69) is 4.98 Å². The van der Waals surface area contributed by atoms with Crippen LogP contribution < -0.4 is 0 Å². The molecule has 1 aromatic carbocycles. The molecule has 3 rings (SSSR count). The molecule has 0 bridgehead atoms. The van der Waals surface area contributed by atoms with E-state index < -0.39 is 0 Å². The highest BCUT2D eigenvalue weighted by atomic mass is 35.5. The lowest BCUT2D eigenvalue weighted by Crippen LogP contribution is -2.47. The summed E-state index contributed by atoms with van der Waals surface area (Å²) in [6.07, 6.45) is 0. The molecule has 1 aliphatic heterocycles. The van der Waals surface area contributed by atoms with Gasteiger partial charge in [-0.2, -0.15) is 0 Å². The monoisotopic (exact) mass is 308 g/mol. The summed E-state index contributed by atoms with van der Waals surface area (Å²) < 4.78 is 18.5. The minimum absolute atomic E-state index is 0.00812. The van der Waals surface area contributed by atoms with Gasteiger partial charge in [-0.25, -0.2) is 9.37 Å². The zero-order chi connectivity index (χ0) is 15.0. The topological polar surface area (TPSA) is 42.4 Å². The molecule has 1 atom stereocenters. The lowest BCUT2D eigenvalue weighted by Gasteiger charge is -2.33. The number of pyridine rings is 1. The first-order valence-corrected chi connectivity index (χ1v) is 7.08. The van der Waals surface area contributed by atoms with Crippen LogP contribution in [0.5, 0.6) is 0 Å². The SMILES string of the molecule is CC1COCCN1C(=O)c1cc2ccc(F)cc2nc1Cl. The summed E-state index contributed by atoms with van der Waals surface area (Å²) in [6, 6.07) is 5.88. The van der Waals surface area contributed by atoms with Gasteiger partial charge in [0.05, 0.1) is 30.3 Å². The number of aromatic nitrogens is 1. The van der Waals surface area contributed by atoms with E-state index in [0.717, 1.165) is 0 Å². The molecule has 0 N–H and O–H groups in total. The number of nitrogens with zero attached hydrogens (tertiary/aromatic N) is 2. The average Bonchev–Trinajstić information content (AvgIpc) is 2.46. The van der Waals surface area contributed by atoms with Gasteiger partial charge in [0, 0.05) is 18.0 Å². The number of benzene rings is 1. The van der Waals surface area contributed by atoms with Crippen molar-refractivity contribution in [3.63, 3.8) is 0 Å². The van der Waals surface area contributed by atoms with Gasteiger partial charge >= 0.3 is 0 Å². The number of morpholine rings is 1. The predicted molar refractivity (Wildman–Crippen MR) is 78.0 cm³/mol. The van der Waals surface area contributed by atoms with Gasteiger partial charge in [-0.3, -0.25) is 4.79 Å². The zero-order valence-electron chi connectivity index (χ0n) is 11.5. The minimum atomic E-state index is -0.382. The van der Waals surface area contributed by atoms with Gasteiger partial charge in [0.2, 0.25) is 0 Å². The van der Waals surface area contributed by atoms with Gasteiger partial charge in [0.1, 0.15) is 11.0 Å². The molecule has 1 fully saturated rings. The van der Waals surface area contributed by atoms with E-state index in [4.69, 9.17) is 16.3 Å². The summed E-state index contributed by atoms with van der Waals surface area (Å²) in [6.45, 7) is 3.47. The van der Waals surface area contributed by atoms with Gasteiger partial charge in [0.15, 0.2) is 0 Å². The minimum Gasteiger partial charge on any atom is -0.377 e.